The van der Waals surface area contributed by atoms with Crippen LogP contribution in [0, 0.1) is 12.8 Å². The van der Waals surface area contributed by atoms with Gasteiger partial charge in [-0.3, -0.25) is 0 Å². The van der Waals surface area contributed by atoms with Crippen LogP contribution in [0.2, 0.25) is 0 Å². The maximum absolute atomic E-state index is 9.43. The molecule has 0 aliphatic carbocycles. The molecule has 1 aliphatic rings. The molecule has 2 aromatic carbocycles. The molecule has 3 aromatic heterocycles. The monoisotopic (exact) mass is 598 g/mol. The van der Waals surface area contributed by atoms with Gasteiger partial charge in [-0.25, -0.2) is 9.97 Å². The third-order valence-electron chi connectivity index (χ3n) is 7.94. The lowest BCUT2D eigenvalue weighted by Crippen LogP contribution is -2.18. The molecule has 2 N–H and O–H groups in total. The molecule has 1 aliphatic heterocycles. The number of thioether (sulfide) groups is 1. The van der Waals surface area contributed by atoms with E-state index in [9.17, 15) is 5.11 Å². The van der Waals surface area contributed by atoms with E-state index in [0.29, 0.717) is 18.2 Å². The second-order valence-electron chi connectivity index (χ2n) is 10.9. The minimum atomic E-state index is 0.102. The molecule has 1 fully saturated rings. The van der Waals surface area contributed by atoms with Gasteiger partial charge in [0.15, 0.2) is 5.65 Å². The van der Waals surface area contributed by atoms with Gasteiger partial charge in [-0.1, -0.05) is 24.3 Å². The number of fused-ring (bicyclic) bond motifs is 1. The Bertz CT molecular complexity index is 1710. The normalized spacial score (nSPS) is 14.0. The van der Waals surface area contributed by atoms with Crippen molar-refractivity contribution in [3.05, 3.63) is 77.9 Å². The van der Waals surface area contributed by atoms with Gasteiger partial charge in [0.25, 0.3) is 0 Å². The predicted molar refractivity (Wildman–Crippen MR) is 171 cm³/mol. The number of anilines is 1. The van der Waals surface area contributed by atoms with Gasteiger partial charge in [-0.15, -0.1) is 11.8 Å². The summed E-state index contributed by atoms with van der Waals surface area (Å²) in [5.74, 6) is 3.78. The average molecular weight is 599 g/mol. The maximum Gasteiger partial charge on any atom is 0.165 e. The third kappa shape index (κ3) is 6.41. The minimum absolute atomic E-state index is 0.102. The van der Waals surface area contributed by atoms with Crippen LogP contribution < -0.4 is 10.1 Å². The number of aromatic nitrogens is 5. The zero-order valence-electron chi connectivity index (χ0n) is 24.9. The van der Waals surface area contributed by atoms with Crippen LogP contribution in [0.1, 0.15) is 29.8 Å². The number of hydrogen-bond donors (Lipinski definition) is 2. The van der Waals surface area contributed by atoms with Gasteiger partial charge in [0.05, 0.1) is 24.3 Å². The largest absolute Gasteiger partial charge is 0.496 e. The van der Waals surface area contributed by atoms with Gasteiger partial charge in [-0.2, -0.15) is 9.61 Å². The van der Waals surface area contributed by atoms with Crippen LogP contribution >= 0.6 is 11.8 Å². The van der Waals surface area contributed by atoms with Crippen molar-refractivity contribution >= 4 is 23.2 Å². The second kappa shape index (κ2) is 13.2. The summed E-state index contributed by atoms with van der Waals surface area (Å²) in [5, 5.41) is 18.1. The Balaban J connectivity index is 1.38. The van der Waals surface area contributed by atoms with Crippen LogP contribution in [0.3, 0.4) is 0 Å². The summed E-state index contributed by atoms with van der Waals surface area (Å²) in [6.07, 6.45) is 6.77. The number of ether oxygens (including phenoxy) is 2. The number of methoxy groups -OCH3 is 1. The fourth-order valence-electron chi connectivity index (χ4n) is 5.75. The van der Waals surface area contributed by atoms with E-state index in [1.165, 1.54) is 0 Å². The van der Waals surface area contributed by atoms with Crippen molar-refractivity contribution in [3.63, 3.8) is 0 Å². The van der Waals surface area contributed by atoms with Crippen molar-refractivity contribution < 1.29 is 14.6 Å². The lowest BCUT2D eigenvalue weighted by atomic mass is 9.95. The number of aliphatic hydroxyl groups is 1. The molecule has 4 heterocycles. The van der Waals surface area contributed by atoms with Crippen LogP contribution in [0.25, 0.3) is 28.2 Å². The summed E-state index contributed by atoms with van der Waals surface area (Å²) >= 11 is 1.58. The smallest absolute Gasteiger partial charge is 0.165 e. The van der Waals surface area contributed by atoms with E-state index in [0.717, 1.165) is 94.1 Å². The summed E-state index contributed by atoms with van der Waals surface area (Å²) < 4.78 is 15.2. The number of benzene rings is 2. The molecule has 43 heavy (non-hydrogen) atoms. The van der Waals surface area contributed by atoms with Gasteiger partial charge in [0, 0.05) is 67.8 Å². The van der Waals surface area contributed by atoms with E-state index >= 15 is 0 Å². The lowest BCUT2D eigenvalue weighted by Gasteiger charge is -2.22. The molecule has 9 nitrogen and oxygen atoms in total. The highest BCUT2D eigenvalue weighted by Crippen LogP contribution is 2.37. The van der Waals surface area contributed by atoms with Crippen LogP contribution in [-0.4, -0.2) is 61.9 Å². The molecule has 10 heteroatoms. The molecular weight excluding hydrogens is 560 g/mol. The molecule has 6 rings (SSSR count). The van der Waals surface area contributed by atoms with Crippen LogP contribution in [0.15, 0.2) is 65.8 Å². The van der Waals surface area contributed by atoms with E-state index in [1.54, 1.807) is 18.9 Å². The standard InChI is InChI=1S/C33H38N6O3S/c1-22-31(25-7-8-28(41-3)29(19-25)43-16-13-40)33-36-27(18-23-9-14-42-15-10-23)20-30(39(33)37-22)35-21-24-5-4-6-26(17-24)32-34-11-12-38(32)2/h4-8,11-12,17,19-20,23,35,40H,9-10,13-16,18,21H2,1-3H3. The first-order valence-electron chi connectivity index (χ1n) is 14.7. The summed E-state index contributed by atoms with van der Waals surface area (Å²) in [7, 11) is 3.68. The molecule has 0 atom stereocenters. The summed E-state index contributed by atoms with van der Waals surface area (Å²) in [6, 6.07) is 16.8. The lowest BCUT2D eigenvalue weighted by molar-refractivity contribution is 0.0663. The molecule has 0 amide bonds. The van der Waals surface area contributed by atoms with Crippen LogP contribution in [0.5, 0.6) is 5.75 Å². The number of hydrogen-bond acceptors (Lipinski definition) is 8. The summed E-state index contributed by atoms with van der Waals surface area (Å²) in [5.41, 5.74) is 7.04. The van der Waals surface area contributed by atoms with E-state index in [4.69, 9.17) is 19.6 Å². The highest BCUT2D eigenvalue weighted by atomic mass is 32.2. The van der Waals surface area contributed by atoms with E-state index in [2.05, 4.69) is 52.8 Å². The zero-order valence-corrected chi connectivity index (χ0v) is 25.7. The van der Waals surface area contributed by atoms with Crippen molar-refractivity contribution in [2.75, 3.05) is 38.0 Å². The quantitative estimate of drug-likeness (QED) is 0.185. The second-order valence-corrected chi connectivity index (χ2v) is 12.1. The van der Waals surface area contributed by atoms with Crippen molar-refractivity contribution in [1.82, 2.24) is 24.1 Å². The van der Waals surface area contributed by atoms with Crippen molar-refractivity contribution in [2.24, 2.45) is 13.0 Å². The minimum Gasteiger partial charge on any atom is -0.496 e. The Morgan fingerprint density at radius 1 is 1.12 bits per heavy atom. The fraction of sp³-hybridized carbons (Fsp3) is 0.364. The molecule has 0 unspecified atom stereocenters. The highest BCUT2D eigenvalue weighted by molar-refractivity contribution is 7.99. The van der Waals surface area contributed by atoms with Gasteiger partial charge in [0.2, 0.25) is 0 Å². The van der Waals surface area contributed by atoms with Crippen molar-refractivity contribution in [3.8, 4) is 28.3 Å². The number of aliphatic hydroxyl groups excluding tert-OH is 1. The first kappa shape index (κ1) is 29.2. The van der Waals surface area contributed by atoms with Crippen molar-refractivity contribution in [2.45, 2.75) is 37.6 Å². The van der Waals surface area contributed by atoms with E-state index < -0.39 is 0 Å². The van der Waals surface area contributed by atoms with Gasteiger partial charge in [-0.05, 0) is 61.4 Å². The molecule has 224 valence electrons. The SMILES string of the molecule is COc1ccc(-c2c(C)nn3c(NCc4cccc(-c5nccn5C)c4)cc(CC4CCOCC4)nc23)cc1SCCO. The Morgan fingerprint density at radius 3 is 2.74 bits per heavy atom. The molecular formula is C33H38N6O3S. The Hall–Kier alpha value is -3.86. The molecule has 0 saturated carbocycles. The first-order chi connectivity index (χ1) is 21.0. The van der Waals surface area contributed by atoms with Gasteiger partial charge >= 0.3 is 0 Å². The summed E-state index contributed by atoms with van der Waals surface area (Å²) in [4.78, 5) is 10.7. The van der Waals surface area contributed by atoms with Crippen molar-refractivity contribution in [1.29, 1.82) is 0 Å². The Morgan fingerprint density at radius 2 is 1.98 bits per heavy atom. The van der Waals surface area contributed by atoms with E-state index in [1.807, 2.05) is 41.5 Å². The van der Waals surface area contributed by atoms with Crippen LogP contribution in [0.4, 0.5) is 5.82 Å². The number of nitrogens with one attached hydrogen (secondary N) is 1. The Labute approximate surface area is 256 Å². The number of nitrogens with zero attached hydrogens (tertiary/aromatic N) is 5. The number of rotatable bonds is 11. The molecule has 0 spiro atoms. The number of aryl methyl sites for hydroxylation is 2. The molecule has 0 radical (unpaired) electrons. The molecule has 5 aromatic rings. The average Bonchev–Trinajstić information content (AvgIpc) is 3.61. The van der Waals surface area contributed by atoms with Crippen LogP contribution in [-0.2, 0) is 24.8 Å². The summed E-state index contributed by atoms with van der Waals surface area (Å²) in [6.45, 7) is 4.38. The fourth-order valence-corrected chi connectivity index (χ4v) is 6.56. The third-order valence-corrected chi connectivity index (χ3v) is 8.95. The highest BCUT2D eigenvalue weighted by Gasteiger charge is 2.21. The van der Waals surface area contributed by atoms with Gasteiger partial charge in [0.1, 0.15) is 17.4 Å². The first-order valence-corrected chi connectivity index (χ1v) is 15.7. The van der Waals surface area contributed by atoms with Gasteiger partial charge < -0.3 is 24.5 Å². The maximum atomic E-state index is 9.43. The molecule has 1 saturated heterocycles. The topological polar surface area (TPSA) is 98.7 Å². The zero-order chi connectivity index (χ0) is 29.8. The number of imidazole rings is 1. The Kier molecular flexibility index (Phi) is 8.97. The predicted octanol–water partition coefficient (Wildman–Crippen LogP) is 5.78. The van der Waals surface area contributed by atoms with E-state index in [-0.39, 0.29) is 6.61 Å². The molecule has 0 bridgehead atoms.